The lowest BCUT2D eigenvalue weighted by molar-refractivity contribution is -0.147. The molecule has 8 rings (SSSR count). The molecule has 2 aliphatic rings. The molecule has 4 atom stereocenters. The minimum atomic E-state index is -0.938. The lowest BCUT2D eigenvalue weighted by Crippen LogP contribution is -2.59. The predicted molar refractivity (Wildman–Crippen MR) is 289 cm³/mol. The molecule has 3 aromatic heterocycles. The summed E-state index contributed by atoms with van der Waals surface area (Å²) < 4.78 is 14.1. The number of hydrogen-bond acceptors (Lipinski definition) is 12. The van der Waals surface area contributed by atoms with Crippen LogP contribution in [0.2, 0.25) is 0 Å². The third-order valence-electron chi connectivity index (χ3n) is 14.4. The Balaban J connectivity index is 0.917. The van der Waals surface area contributed by atoms with Crippen LogP contribution in [0.5, 0.6) is 0 Å². The fourth-order valence-electron chi connectivity index (χ4n) is 10.3. The van der Waals surface area contributed by atoms with Crippen LogP contribution in [0.25, 0.3) is 27.3 Å². The van der Waals surface area contributed by atoms with Crippen molar-refractivity contribution in [2.75, 3.05) is 37.6 Å². The first-order chi connectivity index (χ1) is 34.7. The molecule has 2 aliphatic heterocycles. The molecule has 3 amide bonds. The summed E-state index contributed by atoms with van der Waals surface area (Å²) in [5.74, 6) is -0.278. The van der Waals surface area contributed by atoms with Crippen LogP contribution in [0.3, 0.4) is 0 Å². The van der Waals surface area contributed by atoms with E-state index < -0.39 is 29.6 Å². The Morgan fingerprint density at radius 3 is 2.27 bits per heavy atom. The molecule has 2 saturated heterocycles. The first-order valence-electron chi connectivity index (χ1n) is 25.2. The molecule has 2 N–H and O–H groups in total. The Labute approximate surface area is 441 Å². The molecule has 0 radical (unpaired) electrons. The smallest absolute Gasteiger partial charge is 0.302 e. The van der Waals surface area contributed by atoms with Gasteiger partial charge in [-0.05, 0) is 147 Å². The predicted octanol–water partition coefficient (Wildman–Crippen LogP) is 10.1. The second-order valence-electron chi connectivity index (χ2n) is 20.9. The van der Waals surface area contributed by atoms with Crippen molar-refractivity contribution in [2.45, 2.75) is 119 Å². The second-order valence-corrected chi connectivity index (χ2v) is 22.6. The molecule has 73 heavy (non-hydrogen) atoms. The molecule has 3 aromatic carbocycles. The number of esters is 1. The van der Waals surface area contributed by atoms with Gasteiger partial charge in [-0.15, -0.1) is 11.3 Å². The zero-order chi connectivity index (χ0) is 52.3. The van der Waals surface area contributed by atoms with E-state index in [4.69, 9.17) is 9.26 Å². The third kappa shape index (κ3) is 12.3. The largest absolute Gasteiger partial charge is 0.461 e. The molecule has 15 nitrogen and oxygen atoms in total. The van der Waals surface area contributed by atoms with Gasteiger partial charge >= 0.3 is 5.97 Å². The Morgan fingerprint density at radius 1 is 0.932 bits per heavy atom. The van der Waals surface area contributed by atoms with E-state index in [2.05, 4.69) is 95.7 Å². The summed E-state index contributed by atoms with van der Waals surface area (Å²) in [5.41, 5.74) is 12.5. The van der Waals surface area contributed by atoms with E-state index in [1.807, 2.05) is 89.0 Å². The normalized spacial score (nSPS) is 17.3. The van der Waals surface area contributed by atoms with E-state index in [9.17, 15) is 19.2 Å². The van der Waals surface area contributed by atoms with Gasteiger partial charge in [0.2, 0.25) is 17.7 Å². The van der Waals surface area contributed by atoms with Gasteiger partial charge in [0, 0.05) is 53.7 Å². The number of carbonyl (C=O) groups is 4. The van der Waals surface area contributed by atoms with Crippen molar-refractivity contribution in [3.05, 3.63) is 117 Å². The summed E-state index contributed by atoms with van der Waals surface area (Å²) in [6.45, 7) is 21.6. The highest BCUT2D eigenvalue weighted by Crippen LogP contribution is 2.40. The zero-order valence-electron chi connectivity index (χ0n) is 43.6. The SMILES string of the molecule is CC(=O)O[C@@H]1C[C@@H](C(=O)N[C@@H](C)c2ccc(-c3scnc3C)cc2)N(C(=O)[C@@H](NC(=O)CN2CCC(CCN(c3cc(-c4c(C)noc4C)ccc3C)c3cc(Br)c(-n4ccnc4)cc3C)CC2)C(C)(C)C)C1. The Bertz CT molecular complexity index is 2920. The Morgan fingerprint density at radius 2 is 1.64 bits per heavy atom. The average Bonchev–Trinajstić information content (AvgIpc) is 4.18. The number of anilines is 2. The van der Waals surface area contributed by atoms with Gasteiger partial charge in [0.25, 0.3) is 0 Å². The van der Waals surface area contributed by atoms with Gasteiger partial charge < -0.3 is 34.3 Å². The number of benzene rings is 3. The summed E-state index contributed by atoms with van der Waals surface area (Å²) in [5, 5.41) is 10.4. The molecule has 0 aliphatic carbocycles. The molecule has 0 saturated carbocycles. The summed E-state index contributed by atoms with van der Waals surface area (Å²) in [7, 11) is 0. The second kappa shape index (κ2) is 22.5. The van der Waals surface area contributed by atoms with Gasteiger partial charge in [0.05, 0.1) is 52.9 Å². The number of nitrogens with one attached hydrogen (secondary N) is 2. The van der Waals surface area contributed by atoms with Crippen molar-refractivity contribution >= 4 is 62.3 Å². The number of amides is 3. The summed E-state index contributed by atoms with van der Waals surface area (Å²) in [6, 6.07) is 16.7. The number of ether oxygens (including phenoxy) is 1. The maximum Gasteiger partial charge on any atom is 0.302 e. The first-order valence-corrected chi connectivity index (χ1v) is 26.8. The van der Waals surface area contributed by atoms with Gasteiger partial charge in [-0.2, -0.15) is 0 Å². The van der Waals surface area contributed by atoms with E-state index >= 15 is 0 Å². The van der Waals surface area contributed by atoms with E-state index in [0.717, 1.165) is 116 Å². The highest BCUT2D eigenvalue weighted by atomic mass is 79.9. The number of thiazole rings is 1. The Kier molecular flexibility index (Phi) is 16.4. The van der Waals surface area contributed by atoms with Crippen molar-refractivity contribution in [3.8, 4) is 27.3 Å². The molecule has 0 unspecified atom stereocenters. The van der Waals surface area contributed by atoms with Crippen LogP contribution in [0.1, 0.15) is 100 Å². The van der Waals surface area contributed by atoms with Crippen molar-refractivity contribution in [2.24, 2.45) is 11.3 Å². The molecule has 0 bridgehead atoms. The van der Waals surface area contributed by atoms with Crippen LogP contribution in [0.4, 0.5) is 11.4 Å². The number of aromatic nitrogens is 4. The van der Waals surface area contributed by atoms with Crippen LogP contribution in [0, 0.1) is 46.0 Å². The summed E-state index contributed by atoms with van der Waals surface area (Å²) >= 11 is 5.46. The van der Waals surface area contributed by atoms with E-state index in [1.165, 1.54) is 11.8 Å². The monoisotopic (exact) mass is 1070 g/mol. The number of rotatable bonds is 16. The van der Waals surface area contributed by atoms with Crippen LogP contribution in [0.15, 0.2) is 87.8 Å². The van der Waals surface area contributed by atoms with Gasteiger partial charge in [-0.1, -0.05) is 62.3 Å². The first kappa shape index (κ1) is 53.1. The van der Waals surface area contributed by atoms with Gasteiger partial charge in [0.15, 0.2) is 0 Å². The lowest BCUT2D eigenvalue weighted by atomic mass is 9.85. The van der Waals surface area contributed by atoms with E-state index in [0.29, 0.717) is 5.92 Å². The Hall–Kier alpha value is -6.17. The minimum Gasteiger partial charge on any atom is -0.461 e. The number of likely N-dealkylation sites (tertiary alicyclic amines) is 2. The maximum atomic E-state index is 14.7. The van der Waals surface area contributed by atoms with Crippen molar-refractivity contribution in [1.29, 1.82) is 0 Å². The standard InChI is InChI=1S/C56H68BrN9O6S/c1-33-11-12-43(51-36(4)62-72-38(51)6)26-46(33)65(47-28-45(57)48(25-34(47)2)64-24-20-58-31-64)23-19-40-17-21-63(22-18-40)30-50(68)61-53(56(8,9)10)55(70)66-29-44(71-39(7)67)27-49(66)54(69)60-35(3)41-13-15-42(16-14-41)52-37(5)59-32-73-52/h11-16,20,24-26,28,31-32,35,40,44,49,53H,17-19,21-23,27,29-30H2,1-10H3,(H,60,69)(H,61,68)/t35-,44+,49-,53+/m0/s1. The van der Waals surface area contributed by atoms with E-state index in [-0.39, 0.29) is 43.3 Å². The number of aryl methyl sites for hydroxylation is 5. The number of carbonyl (C=O) groups excluding carboxylic acids is 4. The molecular formula is C56H68BrN9O6S. The molecule has 2 fully saturated rings. The number of imidazole rings is 1. The number of halogens is 1. The van der Waals surface area contributed by atoms with Gasteiger partial charge in [-0.25, -0.2) is 9.97 Å². The van der Waals surface area contributed by atoms with Gasteiger partial charge in [0.1, 0.15) is 23.9 Å². The summed E-state index contributed by atoms with van der Waals surface area (Å²) in [6.07, 6.45) is 7.77. The van der Waals surface area contributed by atoms with Gasteiger partial charge in [-0.3, -0.25) is 24.1 Å². The van der Waals surface area contributed by atoms with Crippen molar-refractivity contribution in [3.63, 3.8) is 0 Å². The molecule has 5 heterocycles. The molecule has 6 aromatic rings. The third-order valence-corrected chi connectivity index (χ3v) is 16.0. The van der Waals surface area contributed by atoms with Crippen molar-refractivity contribution < 1.29 is 28.4 Å². The quantitative estimate of drug-likeness (QED) is 0.0886. The maximum absolute atomic E-state index is 14.7. The average molecular weight is 1080 g/mol. The molecule has 386 valence electrons. The topological polar surface area (TPSA) is 168 Å². The number of piperidine rings is 1. The lowest BCUT2D eigenvalue weighted by Gasteiger charge is -2.37. The van der Waals surface area contributed by atoms with Crippen molar-refractivity contribution in [1.82, 2.24) is 40.1 Å². The molecular weight excluding hydrogens is 1010 g/mol. The molecule has 0 spiro atoms. The molecule has 17 heteroatoms. The summed E-state index contributed by atoms with van der Waals surface area (Å²) in [4.78, 5) is 70.7. The highest BCUT2D eigenvalue weighted by molar-refractivity contribution is 9.10. The van der Waals surface area contributed by atoms with Crippen LogP contribution < -0.4 is 15.5 Å². The van der Waals surface area contributed by atoms with Crippen LogP contribution >= 0.6 is 27.3 Å². The fourth-order valence-corrected chi connectivity index (χ4v) is 11.7. The zero-order valence-corrected chi connectivity index (χ0v) is 46.0. The minimum absolute atomic E-state index is 0.0427. The highest BCUT2D eigenvalue weighted by Gasteiger charge is 2.46. The number of nitrogens with zero attached hydrogens (tertiary/aromatic N) is 7. The van der Waals surface area contributed by atoms with Crippen LogP contribution in [-0.4, -0.2) is 104 Å². The fraction of sp³-hybridized carbons (Fsp3) is 0.446. The van der Waals surface area contributed by atoms with E-state index in [1.54, 1.807) is 23.9 Å². The van der Waals surface area contributed by atoms with Crippen LogP contribution in [-0.2, 0) is 23.9 Å². The number of hydrogen-bond donors (Lipinski definition) is 2.